The second kappa shape index (κ2) is 45.5. The lowest BCUT2D eigenvalue weighted by Crippen LogP contribution is -2.02. The molecule has 4 heteroatoms. The van der Waals surface area contributed by atoms with Gasteiger partial charge >= 0.3 is 0 Å². The Bertz CT molecular complexity index is 19.7. The van der Waals surface area contributed by atoms with Gasteiger partial charge in [0.25, 0.3) is 0 Å². The summed E-state index contributed by atoms with van der Waals surface area (Å²) in [6.45, 7) is 4.90. The van der Waals surface area contributed by atoms with Gasteiger partial charge in [0, 0.05) is 6.61 Å². The predicted octanol–water partition coefficient (Wildman–Crippen LogP) is -0.827. The topological polar surface area (TPSA) is 98.3 Å². The van der Waals surface area contributed by atoms with Gasteiger partial charge in [0.1, 0.15) is 0 Å². The molecule has 0 aromatic carbocycles. The van der Waals surface area contributed by atoms with E-state index in [4.69, 9.17) is 10.8 Å². The van der Waals surface area contributed by atoms with Crippen molar-refractivity contribution < 1.29 is 5.11 Å². The van der Waals surface area contributed by atoms with Crippen LogP contribution in [0, 0.1) is 0 Å². The van der Waals surface area contributed by atoms with Gasteiger partial charge in [0.2, 0.25) is 0 Å². The molecule has 7 N–H and O–H groups in total. The van der Waals surface area contributed by atoms with Crippen molar-refractivity contribution in [3.8, 4) is 0 Å². The summed E-state index contributed by atoms with van der Waals surface area (Å²) in [6, 6.07) is 0. The third-order valence-corrected chi connectivity index (χ3v) is 0.224. The van der Waals surface area contributed by atoms with Crippen molar-refractivity contribution in [2.45, 2.75) is 20.3 Å². The number of hydrogen-bond acceptors (Lipinski definition) is 4. The molecule has 0 aromatic heterocycles. The Labute approximate surface area is 57.0 Å². The molecule has 0 amide bonds. The highest BCUT2D eigenvalue weighted by molar-refractivity contribution is 4.10. The van der Waals surface area contributed by atoms with Crippen LogP contribution in [-0.2, 0) is 0 Å². The lowest BCUT2D eigenvalue weighted by atomic mass is 10.5. The van der Waals surface area contributed by atoms with Crippen LogP contribution < -0.4 is 17.4 Å². The summed E-state index contributed by atoms with van der Waals surface area (Å²) in [7, 11) is 0. The molecular weight excluding hydrogens is 118 g/mol. The molecule has 0 fully saturated rings. The van der Waals surface area contributed by atoms with Gasteiger partial charge in [-0.15, -0.1) is 0 Å². The summed E-state index contributed by atoms with van der Waals surface area (Å²) < 4.78 is 0. The first kappa shape index (κ1) is 15.9. The van der Waals surface area contributed by atoms with E-state index in [0.717, 1.165) is 13.0 Å². The van der Waals surface area contributed by atoms with E-state index < -0.39 is 0 Å². The molecule has 9 heavy (non-hydrogen) atoms. The smallest absolute Gasteiger partial charge is 0.0428 e. The van der Waals surface area contributed by atoms with Gasteiger partial charge in [-0.25, -0.2) is 0 Å². The van der Waals surface area contributed by atoms with Crippen LogP contribution >= 0.6 is 0 Å². The molecule has 0 aromatic rings. The summed E-state index contributed by atoms with van der Waals surface area (Å²) in [5.41, 5.74) is 4.85. The fourth-order valence-electron chi connectivity index (χ4n) is 0. The standard InChI is InChI=1S/C3H8O.C2H7N.H4N2/c1-2-3-4;1-2-3;1-2/h4H,2-3H2,1H3;2-3H2,1H3;1-2H2. The fourth-order valence-corrected chi connectivity index (χ4v) is 0. The molecule has 0 rings (SSSR count). The second-order valence-corrected chi connectivity index (χ2v) is 1.13. The van der Waals surface area contributed by atoms with Crippen LogP contribution in [0.5, 0.6) is 0 Å². The largest absolute Gasteiger partial charge is 0.396 e. The summed E-state index contributed by atoms with van der Waals surface area (Å²) in [4.78, 5) is 0. The van der Waals surface area contributed by atoms with Crippen molar-refractivity contribution in [3.05, 3.63) is 0 Å². The normalized spacial score (nSPS) is 6.00. The lowest BCUT2D eigenvalue weighted by Gasteiger charge is -1.69. The first-order valence-corrected chi connectivity index (χ1v) is 2.97. The molecule has 60 valence electrons. The molecule has 0 atom stereocenters. The van der Waals surface area contributed by atoms with Crippen molar-refractivity contribution in [2.75, 3.05) is 13.2 Å². The van der Waals surface area contributed by atoms with Gasteiger partial charge in [-0.1, -0.05) is 13.8 Å². The SMILES string of the molecule is CCCO.CCN.NN. The molecule has 0 saturated carbocycles. The van der Waals surface area contributed by atoms with E-state index in [2.05, 4.69) is 11.7 Å². The Balaban J connectivity index is -0.0000000646. The van der Waals surface area contributed by atoms with E-state index >= 15 is 0 Å². The van der Waals surface area contributed by atoms with Crippen LogP contribution in [0.25, 0.3) is 0 Å². The maximum atomic E-state index is 7.88. The molecule has 0 heterocycles. The van der Waals surface area contributed by atoms with Gasteiger partial charge in [-0.2, -0.15) is 0 Å². The van der Waals surface area contributed by atoms with E-state index in [1.54, 1.807) is 0 Å². The zero-order chi connectivity index (χ0) is 8.12. The number of nitrogens with two attached hydrogens (primary N) is 3. The average molecular weight is 137 g/mol. The van der Waals surface area contributed by atoms with Crippen LogP contribution in [-0.4, -0.2) is 18.3 Å². The highest BCUT2D eigenvalue weighted by atomic mass is 16.2. The van der Waals surface area contributed by atoms with Crippen LogP contribution in [0.1, 0.15) is 20.3 Å². The minimum Gasteiger partial charge on any atom is -0.396 e. The highest BCUT2D eigenvalue weighted by Crippen LogP contribution is 1.61. The van der Waals surface area contributed by atoms with Gasteiger partial charge < -0.3 is 10.8 Å². The summed E-state index contributed by atoms with van der Waals surface area (Å²) >= 11 is 0. The van der Waals surface area contributed by atoms with Gasteiger partial charge in [-0.3, -0.25) is 11.7 Å². The van der Waals surface area contributed by atoms with E-state index in [1.807, 2.05) is 13.8 Å². The van der Waals surface area contributed by atoms with Crippen molar-refractivity contribution in [1.82, 2.24) is 0 Å². The minimum absolute atomic E-state index is 0.319. The van der Waals surface area contributed by atoms with Gasteiger partial charge in [0.15, 0.2) is 0 Å². The molecule has 0 spiro atoms. The number of aliphatic hydroxyl groups excluding tert-OH is 1. The third-order valence-electron chi connectivity index (χ3n) is 0.224. The molecule has 0 bridgehead atoms. The summed E-state index contributed by atoms with van der Waals surface area (Å²) in [6.07, 6.45) is 0.875. The molecular formula is C5H19N3O. The molecule has 0 unspecified atom stereocenters. The maximum absolute atomic E-state index is 7.88. The average Bonchev–Trinajstić information content (AvgIpc) is 1.94. The van der Waals surface area contributed by atoms with Gasteiger partial charge in [-0.05, 0) is 13.0 Å². The van der Waals surface area contributed by atoms with Crippen LogP contribution in [0.3, 0.4) is 0 Å². The van der Waals surface area contributed by atoms with Crippen molar-refractivity contribution in [1.29, 1.82) is 0 Å². The zero-order valence-corrected chi connectivity index (χ0v) is 6.30. The molecule has 0 aliphatic carbocycles. The Morgan fingerprint density at radius 3 is 1.33 bits per heavy atom. The van der Waals surface area contributed by atoms with E-state index in [0.29, 0.717) is 6.61 Å². The van der Waals surface area contributed by atoms with E-state index in [9.17, 15) is 0 Å². The summed E-state index contributed by atoms with van der Waals surface area (Å²) in [5, 5.41) is 7.88. The first-order chi connectivity index (χ1) is 4.33. The van der Waals surface area contributed by atoms with Crippen LogP contribution in [0.2, 0.25) is 0 Å². The Morgan fingerprint density at radius 1 is 1.22 bits per heavy atom. The quantitative estimate of drug-likeness (QED) is 0.280. The zero-order valence-electron chi connectivity index (χ0n) is 6.30. The molecule has 0 radical (unpaired) electrons. The Kier molecular flexibility index (Phi) is 80.5. The number of hydrazine groups is 1. The summed E-state index contributed by atoms with van der Waals surface area (Å²) in [5.74, 6) is 8.00. The Hall–Kier alpha value is -0.160. The van der Waals surface area contributed by atoms with Crippen LogP contribution in [0.4, 0.5) is 0 Å². The predicted molar refractivity (Wildman–Crippen MR) is 40.5 cm³/mol. The van der Waals surface area contributed by atoms with E-state index in [1.165, 1.54) is 0 Å². The molecule has 0 saturated heterocycles. The van der Waals surface area contributed by atoms with E-state index in [-0.39, 0.29) is 0 Å². The highest BCUT2D eigenvalue weighted by Gasteiger charge is 1.57. The lowest BCUT2D eigenvalue weighted by molar-refractivity contribution is 0.295. The van der Waals surface area contributed by atoms with Gasteiger partial charge in [0.05, 0.1) is 0 Å². The monoisotopic (exact) mass is 137 g/mol. The molecule has 4 nitrogen and oxygen atoms in total. The van der Waals surface area contributed by atoms with Crippen molar-refractivity contribution >= 4 is 0 Å². The minimum atomic E-state index is 0.319. The third kappa shape index (κ3) is 379. The maximum Gasteiger partial charge on any atom is 0.0428 e. The number of hydrogen-bond donors (Lipinski definition) is 4. The molecule has 0 aliphatic rings. The van der Waals surface area contributed by atoms with Crippen molar-refractivity contribution in [2.24, 2.45) is 17.4 Å². The number of aliphatic hydroxyl groups is 1. The molecule has 0 aliphatic heterocycles. The van der Waals surface area contributed by atoms with Crippen molar-refractivity contribution in [3.63, 3.8) is 0 Å². The second-order valence-electron chi connectivity index (χ2n) is 1.13. The number of rotatable bonds is 1. The first-order valence-electron chi connectivity index (χ1n) is 2.97. The van der Waals surface area contributed by atoms with Crippen LogP contribution in [0.15, 0.2) is 0 Å². The Morgan fingerprint density at radius 2 is 1.33 bits per heavy atom. The fraction of sp³-hybridized carbons (Fsp3) is 1.00.